The maximum absolute atomic E-state index is 6.95. The third kappa shape index (κ3) is 2.57. The molecule has 1 heterocycles. The summed E-state index contributed by atoms with van der Waals surface area (Å²) in [7, 11) is 0. The zero-order chi connectivity index (χ0) is 25.0. The quantitative estimate of drug-likeness (QED) is 0.188. The van der Waals surface area contributed by atoms with Gasteiger partial charge in [0, 0.05) is 21.5 Å². The molecular weight excluding hydrogens is 484 g/mol. The summed E-state index contributed by atoms with van der Waals surface area (Å²) in [6, 6.07) is 41.3. The van der Waals surface area contributed by atoms with Crippen molar-refractivity contribution >= 4 is 98.2 Å². The molecule has 0 aliphatic heterocycles. The van der Waals surface area contributed by atoms with Gasteiger partial charge < -0.3 is 4.42 Å². The van der Waals surface area contributed by atoms with Crippen LogP contribution in [-0.2, 0) is 0 Å². The Labute approximate surface area is 222 Å². The van der Waals surface area contributed by atoms with Gasteiger partial charge in [0.1, 0.15) is 5.58 Å². The molecule has 9 rings (SSSR count). The molecule has 1 aromatic heterocycles. The number of hydrogen-bond acceptors (Lipinski definition) is 1. The van der Waals surface area contributed by atoms with Crippen molar-refractivity contribution in [2.24, 2.45) is 0 Å². The van der Waals surface area contributed by atoms with Crippen LogP contribution >= 0.6 is 11.6 Å². The number of halogens is 1. The van der Waals surface area contributed by atoms with E-state index in [1.165, 1.54) is 59.2 Å². The largest absolute Gasteiger partial charge is 0.454 e. The summed E-state index contributed by atoms with van der Waals surface area (Å²) in [6.45, 7) is 0. The molecule has 0 radical (unpaired) electrons. The lowest BCUT2D eigenvalue weighted by molar-refractivity contribution is 0.669. The van der Waals surface area contributed by atoms with E-state index in [0.717, 1.165) is 27.3 Å². The molecule has 0 saturated carbocycles. The summed E-state index contributed by atoms with van der Waals surface area (Å²) in [6.07, 6.45) is 0. The molecule has 0 atom stereocenters. The fourth-order valence-corrected chi connectivity index (χ4v) is 6.86. The van der Waals surface area contributed by atoms with Gasteiger partial charge in [0.2, 0.25) is 0 Å². The Kier molecular flexibility index (Phi) is 3.90. The maximum atomic E-state index is 6.95. The minimum absolute atomic E-state index is 0.640. The highest BCUT2D eigenvalue weighted by atomic mass is 35.5. The average molecular weight is 503 g/mol. The van der Waals surface area contributed by atoms with Crippen LogP contribution in [0.5, 0.6) is 0 Å². The molecule has 38 heavy (non-hydrogen) atoms. The van der Waals surface area contributed by atoms with Gasteiger partial charge in [-0.15, -0.1) is 0 Å². The standard InChI is InChI=1S/C36H19ClO/c37-28-19-25-16-15-23-12-10-21-6-2-4-8-27(21)31(23)33(25)35-34-29(38-36(28)35)18-17-24-14-13-22-11-9-20-5-1-3-7-26(20)30(22)32(24)34/h1-19H. The molecule has 0 aliphatic rings. The fraction of sp³-hybridized carbons (Fsp3) is 0. The molecule has 0 N–H and O–H groups in total. The van der Waals surface area contributed by atoms with Gasteiger partial charge in [0.25, 0.3) is 0 Å². The van der Waals surface area contributed by atoms with Crippen molar-refractivity contribution in [2.75, 3.05) is 0 Å². The summed E-state index contributed by atoms with van der Waals surface area (Å²) in [4.78, 5) is 0. The number of fused-ring (bicyclic) bond motifs is 15. The van der Waals surface area contributed by atoms with Crippen LogP contribution in [0.15, 0.2) is 120 Å². The minimum Gasteiger partial charge on any atom is -0.454 e. The summed E-state index contributed by atoms with van der Waals surface area (Å²) in [5.74, 6) is 0. The molecule has 0 bridgehead atoms. The second-order valence-electron chi connectivity index (χ2n) is 10.2. The van der Waals surface area contributed by atoms with E-state index in [-0.39, 0.29) is 0 Å². The van der Waals surface area contributed by atoms with Gasteiger partial charge in [-0.05, 0) is 66.0 Å². The van der Waals surface area contributed by atoms with E-state index in [9.17, 15) is 0 Å². The van der Waals surface area contributed by atoms with Gasteiger partial charge in [0.05, 0.1) is 5.02 Å². The predicted octanol–water partition coefficient (Wildman–Crippen LogP) is 11.2. The average Bonchev–Trinajstić information content (AvgIpc) is 3.37. The Morgan fingerprint density at radius 2 is 0.868 bits per heavy atom. The molecule has 8 aromatic carbocycles. The lowest BCUT2D eigenvalue weighted by Gasteiger charge is -2.12. The molecule has 0 unspecified atom stereocenters. The Hall–Kier alpha value is -4.59. The van der Waals surface area contributed by atoms with Gasteiger partial charge in [0.15, 0.2) is 5.58 Å². The van der Waals surface area contributed by atoms with Crippen molar-refractivity contribution in [3.63, 3.8) is 0 Å². The minimum atomic E-state index is 0.640. The topological polar surface area (TPSA) is 13.1 Å². The summed E-state index contributed by atoms with van der Waals surface area (Å²) in [5.41, 5.74) is 1.61. The first-order valence-corrected chi connectivity index (χ1v) is 13.3. The summed E-state index contributed by atoms with van der Waals surface area (Å²) in [5, 5.41) is 17.5. The van der Waals surface area contributed by atoms with Gasteiger partial charge in [-0.3, -0.25) is 0 Å². The molecule has 0 amide bonds. The van der Waals surface area contributed by atoms with Crippen molar-refractivity contribution in [1.82, 2.24) is 0 Å². The van der Waals surface area contributed by atoms with Crippen molar-refractivity contribution in [3.8, 4) is 0 Å². The van der Waals surface area contributed by atoms with Crippen LogP contribution in [0.4, 0.5) is 0 Å². The number of hydrogen-bond donors (Lipinski definition) is 0. The number of benzene rings is 8. The molecular formula is C36H19ClO. The Morgan fingerprint density at radius 3 is 1.50 bits per heavy atom. The van der Waals surface area contributed by atoms with Crippen LogP contribution in [0.2, 0.25) is 5.02 Å². The molecule has 0 spiro atoms. The fourth-order valence-electron chi connectivity index (χ4n) is 6.61. The monoisotopic (exact) mass is 502 g/mol. The van der Waals surface area contributed by atoms with Crippen molar-refractivity contribution in [3.05, 3.63) is 120 Å². The maximum Gasteiger partial charge on any atom is 0.154 e. The highest BCUT2D eigenvalue weighted by Crippen LogP contribution is 2.47. The van der Waals surface area contributed by atoms with E-state index < -0.39 is 0 Å². The first kappa shape index (κ1) is 20.5. The van der Waals surface area contributed by atoms with Crippen molar-refractivity contribution < 1.29 is 4.42 Å². The number of rotatable bonds is 0. The third-order valence-electron chi connectivity index (χ3n) is 8.23. The van der Waals surface area contributed by atoms with Gasteiger partial charge in [-0.25, -0.2) is 0 Å². The van der Waals surface area contributed by atoms with E-state index in [0.29, 0.717) is 5.02 Å². The molecule has 2 heteroatoms. The van der Waals surface area contributed by atoms with Crippen molar-refractivity contribution in [1.29, 1.82) is 0 Å². The summed E-state index contributed by atoms with van der Waals surface area (Å²) >= 11 is 6.95. The summed E-state index contributed by atoms with van der Waals surface area (Å²) < 4.78 is 6.59. The van der Waals surface area contributed by atoms with Gasteiger partial charge >= 0.3 is 0 Å². The first-order chi connectivity index (χ1) is 18.8. The van der Waals surface area contributed by atoms with Crippen LogP contribution < -0.4 is 0 Å². The Bertz CT molecular complexity index is 2460. The van der Waals surface area contributed by atoms with Crippen molar-refractivity contribution in [2.45, 2.75) is 0 Å². The third-order valence-corrected chi connectivity index (χ3v) is 8.51. The molecule has 0 saturated heterocycles. The Balaban J connectivity index is 1.67. The van der Waals surface area contributed by atoms with Crippen LogP contribution in [0.25, 0.3) is 86.6 Å². The van der Waals surface area contributed by atoms with Crippen LogP contribution in [0.3, 0.4) is 0 Å². The van der Waals surface area contributed by atoms with E-state index >= 15 is 0 Å². The molecule has 0 aliphatic carbocycles. The van der Waals surface area contributed by atoms with E-state index in [1.54, 1.807) is 0 Å². The Morgan fingerprint density at radius 1 is 0.395 bits per heavy atom. The lowest BCUT2D eigenvalue weighted by atomic mass is 9.90. The zero-order valence-electron chi connectivity index (χ0n) is 20.3. The number of furan rings is 1. The highest BCUT2D eigenvalue weighted by molar-refractivity contribution is 6.44. The van der Waals surface area contributed by atoms with Crippen LogP contribution in [0, 0.1) is 0 Å². The molecule has 176 valence electrons. The predicted molar refractivity (Wildman–Crippen MR) is 164 cm³/mol. The second kappa shape index (κ2) is 7.25. The van der Waals surface area contributed by atoms with Gasteiger partial charge in [-0.2, -0.15) is 0 Å². The SMILES string of the molecule is Clc1cc2ccc3ccc4ccccc4c3c2c2c1oc1ccc3ccc4ccc5ccccc5c4c3c12. The highest BCUT2D eigenvalue weighted by Gasteiger charge is 2.20. The lowest BCUT2D eigenvalue weighted by Crippen LogP contribution is -1.85. The zero-order valence-corrected chi connectivity index (χ0v) is 21.0. The van der Waals surface area contributed by atoms with Crippen LogP contribution in [-0.4, -0.2) is 0 Å². The first-order valence-electron chi connectivity index (χ1n) is 12.9. The van der Waals surface area contributed by atoms with E-state index in [1.807, 2.05) is 0 Å². The van der Waals surface area contributed by atoms with Crippen LogP contribution in [0.1, 0.15) is 0 Å². The van der Waals surface area contributed by atoms with E-state index in [4.69, 9.17) is 16.0 Å². The molecule has 9 aromatic rings. The smallest absolute Gasteiger partial charge is 0.154 e. The van der Waals surface area contributed by atoms with Gasteiger partial charge in [-0.1, -0.05) is 115 Å². The molecule has 0 fully saturated rings. The molecule has 1 nitrogen and oxygen atoms in total. The van der Waals surface area contributed by atoms with E-state index in [2.05, 4.69) is 115 Å². The second-order valence-corrected chi connectivity index (χ2v) is 10.6. The normalized spacial score (nSPS) is 12.3.